The molecule has 8 heteroatoms. The molecule has 2 aromatic rings. The molecule has 0 N–H and O–H groups in total. The summed E-state index contributed by atoms with van der Waals surface area (Å²) in [6.45, 7) is -0.383. The van der Waals surface area contributed by atoms with E-state index in [9.17, 15) is 13.6 Å². The third-order valence-corrected chi connectivity index (χ3v) is 7.29. The summed E-state index contributed by atoms with van der Waals surface area (Å²) in [5.41, 5.74) is 1.38. The van der Waals surface area contributed by atoms with Crippen molar-refractivity contribution in [2.75, 3.05) is 25.0 Å². The largest absolute Gasteiger partial charge is 0.356 e. The van der Waals surface area contributed by atoms with Gasteiger partial charge in [0.1, 0.15) is 16.5 Å². The van der Waals surface area contributed by atoms with Gasteiger partial charge in [-0.1, -0.05) is 0 Å². The number of nitrogens with zero attached hydrogens (tertiary/aromatic N) is 4. The Balaban J connectivity index is 1.50. The summed E-state index contributed by atoms with van der Waals surface area (Å²) in [4.78, 5) is 27.8. The molecule has 0 aromatic carbocycles. The zero-order chi connectivity index (χ0) is 19.5. The van der Waals surface area contributed by atoms with Crippen molar-refractivity contribution in [1.82, 2.24) is 14.9 Å². The number of thiophene rings is 1. The molecule has 5 rings (SSSR count). The van der Waals surface area contributed by atoms with Crippen LogP contribution in [0.5, 0.6) is 0 Å². The zero-order valence-electron chi connectivity index (χ0n) is 16.0. The van der Waals surface area contributed by atoms with Crippen molar-refractivity contribution in [3.63, 3.8) is 0 Å². The predicted molar refractivity (Wildman–Crippen MR) is 105 cm³/mol. The lowest BCUT2D eigenvalue weighted by molar-refractivity contribution is -0.131. The summed E-state index contributed by atoms with van der Waals surface area (Å²) in [6, 6.07) is 0.498. The number of amides is 1. The molecule has 150 valence electrons. The van der Waals surface area contributed by atoms with Crippen LogP contribution in [0.25, 0.3) is 10.2 Å². The quantitative estimate of drug-likeness (QED) is 0.779. The molecular formula is C20H24F2N4OS. The van der Waals surface area contributed by atoms with E-state index in [1.54, 1.807) is 11.3 Å². The topological polar surface area (TPSA) is 49.3 Å². The summed E-state index contributed by atoms with van der Waals surface area (Å²) >= 11 is 1.71. The van der Waals surface area contributed by atoms with E-state index in [1.165, 1.54) is 28.2 Å². The maximum absolute atomic E-state index is 13.5. The first-order chi connectivity index (χ1) is 13.4. The Kier molecular flexibility index (Phi) is 4.30. The van der Waals surface area contributed by atoms with Crippen LogP contribution < -0.4 is 4.90 Å². The molecule has 0 unspecified atom stereocenters. The number of alkyl halides is 2. The monoisotopic (exact) mass is 406 g/mol. The molecule has 0 spiro atoms. The van der Waals surface area contributed by atoms with Gasteiger partial charge in [0.25, 0.3) is 5.92 Å². The second-order valence-electron chi connectivity index (χ2n) is 8.29. The number of halogens is 2. The van der Waals surface area contributed by atoms with Crippen LogP contribution in [0.4, 0.5) is 14.6 Å². The number of anilines is 1. The Morgan fingerprint density at radius 1 is 1.29 bits per heavy atom. The molecule has 2 aliphatic carbocycles. The third-order valence-electron chi connectivity index (χ3n) is 6.10. The number of hydrogen-bond donors (Lipinski definition) is 0. The SMILES string of the molecule is CN(c1nc(CC(=O)N2CCC(F)(F)C2)nc2sc3c(c12)CCCC3)C1CC1. The fraction of sp³-hybridized carbons (Fsp3) is 0.650. The number of aryl methyl sites for hydroxylation is 2. The van der Waals surface area contributed by atoms with Gasteiger partial charge in [-0.05, 0) is 44.1 Å². The van der Waals surface area contributed by atoms with Gasteiger partial charge in [-0.2, -0.15) is 0 Å². The van der Waals surface area contributed by atoms with Crippen LogP contribution in [0.15, 0.2) is 0 Å². The van der Waals surface area contributed by atoms with Crippen LogP contribution in [-0.2, 0) is 24.1 Å². The van der Waals surface area contributed by atoms with E-state index in [0.717, 1.165) is 41.7 Å². The van der Waals surface area contributed by atoms with Gasteiger partial charge in [0.15, 0.2) is 0 Å². The van der Waals surface area contributed by atoms with Crippen LogP contribution in [0, 0.1) is 0 Å². The summed E-state index contributed by atoms with van der Waals surface area (Å²) in [5.74, 6) is -1.71. The van der Waals surface area contributed by atoms with Crippen molar-refractivity contribution in [3.05, 3.63) is 16.3 Å². The average molecular weight is 407 g/mol. The molecule has 2 fully saturated rings. The third kappa shape index (κ3) is 3.25. The molecule has 5 nitrogen and oxygen atoms in total. The number of fused-ring (bicyclic) bond motifs is 3. The minimum atomic E-state index is -2.77. The predicted octanol–water partition coefficient (Wildman–Crippen LogP) is 3.58. The number of hydrogen-bond acceptors (Lipinski definition) is 5. The molecule has 1 amide bonds. The fourth-order valence-electron chi connectivity index (χ4n) is 4.35. The van der Waals surface area contributed by atoms with Crippen molar-refractivity contribution < 1.29 is 13.6 Å². The van der Waals surface area contributed by atoms with Crippen molar-refractivity contribution in [2.24, 2.45) is 0 Å². The Morgan fingerprint density at radius 3 is 2.79 bits per heavy atom. The molecule has 0 radical (unpaired) electrons. The van der Waals surface area contributed by atoms with E-state index in [4.69, 9.17) is 9.97 Å². The highest BCUT2D eigenvalue weighted by Gasteiger charge is 2.40. The highest BCUT2D eigenvalue weighted by atomic mass is 32.1. The van der Waals surface area contributed by atoms with Crippen molar-refractivity contribution in [3.8, 4) is 0 Å². The van der Waals surface area contributed by atoms with E-state index in [-0.39, 0.29) is 25.3 Å². The molecule has 0 bridgehead atoms. The van der Waals surface area contributed by atoms with Crippen LogP contribution >= 0.6 is 11.3 Å². The Labute approximate surface area is 166 Å². The van der Waals surface area contributed by atoms with E-state index in [0.29, 0.717) is 11.9 Å². The van der Waals surface area contributed by atoms with E-state index >= 15 is 0 Å². The van der Waals surface area contributed by atoms with Crippen molar-refractivity contribution in [2.45, 2.75) is 63.3 Å². The Bertz CT molecular complexity index is 940. The van der Waals surface area contributed by atoms with Crippen LogP contribution in [-0.4, -0.2) is 52.9 Å². The minimum Gasteiger partial charge on any atom is -0.356 e. The van der Waals surface area contributed by atoms with E-state index in [1.807, 2.05) is 0 Å². The normalized spacial score (nSPS) is 21.2. The van der Waals surface area contributed by atoms with Crippen molar-refractivity contribution >= 4 is 33.3 Å². The second-order valence-corrected chi connectivity index (χ2v) is 9.38. The van der Waals surface area contributed by atoms with Gasteiger partial charge in [-0.3, -0.25) is 4.79 Å². The summed E-state index contributed by atoms with van der Waals surface area (Å²) in [5, 5.41) is 1.15. The molecule has 3 heterocycles. The maximum Gasteiger partial charge on any atom is 0.267 e. The van der Waals surface area contributed by atoms with Gasteiger partial charge >= 0.3 is 0 Å². The molecule has 0 atom stereocenters. The molecule has 3 aliphatic rings. The Hall–Kier alpha value is -1.83. The number of likely N-dealkylation sites (tertiary alicyclic amines) is 1. The lowest BCUT2D eigenvalue weighted by atomic mass is 9.97. The summed E-state index contributed by atoms with van der Waals surface area (Å²) < 4.78 is 26.9. The summed E-state index contributed by atoms with van der Waals surface area (Å²) in [6.07, 6.45) is 6.58. The first kappa shape index (κ1) is 18.2. The van der Waals surface area contributed by atoms with E-state index < -0.39 is 12.5 Å². The lowest BCUT2D eigenvalue weighted by Gasteiger charge is -2.21. The summed E-state index contributed by atoms with van der Waals surface area (Å²) in [7, 11) is 2.07. The first-order valence-electron chi connectivity index (χ1n) is 10.1. The first-order valence-corrected chi connectivity index (χ1v) is 10.9. The van der Waals surface area contributed by atoms with Gasteiger partial charge in [0.05, 0.1) is 18.4 Å². The van der Waals surface area contributed by atoms with Crippen molar-refractivity contribution in [1.29, 1.82) is 0 Å². The van der Waals surface area contributed by atoms with E-state index in [2.05, 4.69) is 11.9 Å². The lowest BCUT2D eigenvalue weighted by Crippen LogP contribution is -2.33. The number of rotatable bonds is 4. The molecular weight excluding hydrogens is 382 g/mol. The Morgan fingerprint density at radius 2 is 2.07 bits per heavy atom. The molecule has 28 heavy (non-hydrogen) atoms. The molecule has 1 aliphatic heterocycles. The molecule has 1 saturated carbocycles. The number of aromatic nitrogens is 2. The second kappa shape index (κ2) is 6.61. The smallest absolute Gasteiger partial charge is 0.267 e. The standard InChI is InChI=1S/C20H24F2N4OS/c1-25(12-6-7-12)18-17-13-4-2-3-5-14(13)28-19(17)24-15(23-18)10-16(27)26-9-8-20(21,22)11-26/h12H,2-11H2,1H3. The minimum absolute atomic E-state index is 0.0138. The fourth-order valence-corrected chi connectivity index (χ4v) is 5.62. The highest BCUT2D eigenvalue weighted by molar-refractivity contribution is 7.19. The van der Waals surface area contributed by atoms with Gasteiger partial charge in [0.2, 0.25) is 5.91 Å². The van der Waals surface area contributed by atoms with Crippen LogP contribution in [0.2, 0.25) is 0 Å². The van der Waals surface area contributed by atoms with Crippen LogP contribution in [0.1, 0.15) is 48.4 Å². The zero-order valence-corrected chi connectivity index (χ0v) is 16.8. The number of carbonyl (C=O) groups excluding carboxylic acids is 1. The van der Waals surface area contributed by atoms with Crippen LogP contribution in [0.3, 0.4) is 0 Å². The van der Waals surface area contributed by atoms with Gasteiger partial charge in [-0.25, -0.2) is 18.7 Å². The van der Waals surface area contributed by atoms with Gasteiger partial charge in [0, 0.05) is 30.9 Å². The average Bonchev–Trinajstić information content (AvgIpc) is 3.35. The maximum atomic E-state index is 13.5. The van der Waals surface area contributed by atoms with Gasteiger partial charge in [-0.15, -0.1) is 11.3 Å². The highest BCUT2D eigenvalue weighted by Crippen LogP contribution is 2.41. The van der Waals surface area contributed by atoms with Gasteiger partial charge < -0.3 is 9.80 Å². The number of carbonyl (C=O) groups is 1. The molecule has 2 aromatic heterocycles. The molecule has 1 saturated heterocycles.